The van der Waals surface area contributed by atoms with E-state index in [1.54, 1.807) is 6.92 Å². The molecule has 1 unspecified atom stereocenters. The van der Waals surface area contributed by atoms with Crippen molar-refractivity contribution in [1.82, 2.24) is 15.1 Å². The molecule has 1 atom stereocenters. The van der Waals surface area contributed by atoms with Crippen LogP contribution in [0.4, 0.5) is 0 Å². The summed E-state index contributed by atoms with van der Waals surface area (Å²) in [6, 6.07) is 0. The molecule has 5 heteroatoms. The van der Waals surface area contributed by atoms with Crippen molar-refractivity contribution in [2.24, 2.45) is 0 Å². The Kier molecular flexibility index (Phi) is 6.05. The number of aliphatic hydroxyl groups is 1. The quantitative estimate of drug-likeness (QED) is 0.698. The molecule has 1 saturated heterocycles. The molecule has 2 N–H and O–H groups in total. The molecule has 0 bridgehead atoms. The molecule has 1 aliphatic heterocycles. The second kappa shape index (κ2) is 7.07. The zero-order valence-corrected chi connectivity index (χ0v) is 11.9. The molecule has 0 aromatic heterocycles. The molecule has 0 saturated carbocycles. The summed E-state index contributed by atoms with van der Waals surface area (Å²) < 4.78 is 0. The van der Waals surface area contributed by atoms with Gasteiger partial charge in [0.05, 0.1) is 12.1 Å². The van der Waals surface area contributed by atoms with Gasteiger partial charge in [-0.2, -0.15) is 0 Å². The van der Waals surface area contributed by atoms with E-state index >= 15 is 0 Å². The van der Waals surface area contributed by atoms with Gasteiger partial charge in [0, 0.05) is 26.2 Å². The van der Waals surface area contributed by atoms with Gasteiger partial charge in [-0.25, -0.2) is 0 Å². The van der Waals surface area contributed by atoms with Gasteiger partial charge in [-0.1, -0.05) is 0 Å². The van der Waals surface area contributed by atoms with E-state index in [-0.39, 0.29) is 5.91 Å². The molecular formula is C13H27N3O2. The van der Waals surface area contributed by atoms with E-state index in [0.29, 0.717) is 19.6 Å². The molecule has 5 nitrogen and oxygen atoms in total. The topological polar surface area (TPSA) is 55.8 Å². The smallest absolute Gasteiger partial charge is 0.236 e. The molecule has 0 aromatic carbocycles. The van der Waals surface area contributed by atoms with Gasteiger partial charge < -0.3 is 20.2 Å². The summed E-state index contributed by atoms with van der Waals surface area (Å²) in [6.07, 6.45) is 3.46. The fourth-order valence-corrected chi connectivity index (χ4v) is 2.43. The van der Waals surface area contributed by atoms with Crippen LogP contribution in [0, 0.1) is 0 Å². The Labute approximate surface area is 110 Å². The summed E-state index contributed by atoms with van der Waals surface area (Å²) >= 11 is 0. The highest BCUT2D eigenvalue weighted by molar-refractivity contribution is 5.78. The van der Waals surface area contributed by atoms with Gasteiger partial charge in [0.2, 0.25) is 5.91 Å². The normalized spacial score (nSPS) is 19.9. The highest BCUT2D eigenvalue weighted by atomic mass is 16.3. The van der Waals surface area contributed by atoms with E-state index in [1.807, 2.05) is 23.9 Å². The monoisotopic (exact) mass is 257 g/mol. The third kappa shape index (κ3) is 5.80. The molecular weight excluding hydrogens is 230 g/mol. The first-order chi connectivity index (χ1) is 8.41. The van der Waals surface area contributed by atoms with Crippen molar-refractivity contribution in [1.29, 1.82) is 0 Å². The van der Waals surface area contributed by atoms with Gasteiger partial charge in [-0.3, -0.25) is 4.79 Å². The molecule has 1 fully saturated rings. The number of rotatable bonds is 6. The number of amides is 1. The maximum Gasteiger partial charge on any atom is 0.236 e. The first-order valence-electron chi connectivity index (χ1n) is 6.76. The van der Waals surface area contributed by atoms with Crippen LogP contribution in [0.5, 0.6) is 0 Å². The summed E-state index contributed by atoms with van der Waals surface area (Å²) in [5, 5.41) is 13.1. The van der Waals surface area contributed by atoms with E-state index in [2.05, 4.69) is 5.32 Å². The van der Waals surface area contributed by atoms with Crippen molar-refractivity contribution in [2.75, 3.05) is 46.8 Å². The second-order valence-electron chi connectivity index (χ2n) is 5.78. The van der Waals surface area contributed by atoms with Crippen molar-refractivity contribution < 1.29 is 9.90 Å². The number of carbonyl (C=O) groups is 1. The lowest BCUT2D eigenvalue weighted by Gasteiger charge is -2.29. The van der Waals surface area contributed by atoms with Crippen LogP contribution in [0.15, 0.2) is 0 Å². The van der Waals surface area contributed by atoms with Crippen LogP contribution in [0.2, 0.25) is 0 Å². The zero-order chi connectivity index (χ0) is 13.6. The predicted octanol–water partition coefficient (Wildman–Crippen LogP) is -0.0989. The lowest BCUT2D eigenvalue weighted by molar-refractivity contribution is -0.131. The molecule has 0 spiro atoms. The molecule has 106 valence electrons. The summed E-state index contributed by atoms with van der Waals surface area (Å²) in [5.74, 6) is 0.148. The molecule has 1 rings (SSSR count). The Morgan fingerprint density at radius 1 is 1.33 bits per heavy atom. The third-order valence-corrected chi connectivity index (χ3v) is 3.15. The SMILES string of the molecule is CN(C)CC(C)(O)CNCC(=O)N1CCCCC1. The number of hydrogen-bond donors (Lipinski definition) is 2. The standard InChI is InChI=1S/C13H27N3O2/c1-13(18,11-15(2)3)10-14-9-12(17)16-7-5-4-6-8-16/h14,18H,4-11H2,1-3H3. The average molecular weight is 257 g/mol. The van der Waals surface area contributed by atoms with Gasteiger partial charge in [0.1, 0.15) is 0 Å². The van der Waals surface area contributed by atoms with Crippen molar-refractivity contribution in [2.45, 2.75) is 31.8 Å². The van der Waals surface area contributed by atoms with Crippen LogP contribution < -0.4 is 5.32 Å². The lowest BCUT2D eigenvalue weighted by Crippen LogP contribution is -2.48. The van der Waals surface area contributed by atoms with E-state index in [9.17, 15) is 9.90 Å². The van der Waals surface area contributed by atoms with E-state index in [1.165, 1.54) is 6.42 Å². The third-order valence-electron chi connectivity index (χ3n) is 3.15. The number of nitrogens with one attached hydrogen (secondary N) is 1. The highest BCUT2D eigenvalue weighted by Crippen LogP contribution is 2.08. The average Bonchev–Trinajstić information content (AvgIpc) is 2.28. The fourth-order valence-electron chi connectivity index (χ4n) is 2.43. The Morgan fingerprint density at radius 3 is 2.50 bits per heavy atom. The molecule has 1 heterocycles. The first kappa shape index (κ1) is 15.4. The van der Waals surface area contributed by atoms with Crippen molar-refractivity contribution in [3.05, 3.63) is 0 Å². The van der Waals surface area contributed by atoms with Gasteiger partial charge in [0.25, 0.3) is 0 Å². The second-order valence-corrected chi connectivity index (χ2v) is 5.78. The number of piperidine rings is 1. The Balaban J connectivity index is 2.21. The molecule has 0 aromatic rings. The Morgan fingerprint density at radius 2 is 1.94 bits per heavy atom. The van der Waals surface area contributed by atoms with Crippen LogP contribution in [0.25, 0.3) is 0 Å². The van der Waals surface area contributed by atoms with Gasteiger partial charge >= 0.3 is 0 Å². The largest absolute Gasteiger partial charge is 0.388 e. The summed E-state index contributed by atoms with van der Waals surface area (Å²) in [6.45, 7) is 4.89. The van der Waals surface area contributed by atoms with Crippen LogP contribution >= 0.6 is 0 Å². The van der Waals surface area contributed by atoms with Crippen molar-refractivity contribution in [3.63, 3.8) is 0 Å². The first-order valence-corrected chi connectivity index (χ1v) is 6.76. The highest BCUT2D eigenvalue weighted by Gasteiger charge is 2.22. The van der Waals surface area contributed by atoms with Gasteiger partial charge in [-0.05, 0) is 40.3 Å². The summed E-state index contributed by atoms with van der Waals surface area (Å²) in [7, 11) is 3.85. The van der Waals surface area contributed by atoms with Gasteiger partial charge in [-0.15, -0.1) is 0 Å². The van der Waals surface area contributed by atoms with Crippen LogP contribution in [0.1, 0.15) is 26.2 Å². The zero-order valence-electron chi connectivity index (χ0n) is 11.9. The Bertz CT molecular complexity index is 261. The maximum absolute atomic E-state index is 11.9. The van der Waals surface area contributed by atoms with Crippen LogP contribution in [-0.2, 0) is 4.79 Å². The molecule has 0 radical (unpaired) electrons. The number of nitrogens with zero attached hydrogens (tertiary/aromatic N) is 2. The number of hydrogen-bond acceptors (Lipinski definition) is 4. The van der Waals surface area contributed by atoms with Crippen LogP contribution in [0.3, 0.4) is 0 Å². The minimum atomic E-state index is -0.800. The molecule has 0 aliphatic carbocycles. The lowest BCUT2D eigenvalue weighted by atomic mass is 10.1. The minimum absolute atomic E-state index is 0.148. The van der Waals surface area contributed by atoms with Crippen molar-refractivity contribution in [3.8, 4) is 0 Å². The van der Waals surface area contributed by atoms with E-state index < -0.39 is 5.60 Å². The van der Waals surface area contributed by atoms with Gasteiger partial charge in [0.15, 0.2) is 0 Å². The van der Waals surface area contributed by atoms with E-state index in [0.717, 1.165) is 25.9 Å². The number of carbonyl (C=O) groups excluding carboxylic acids is 1. The fraction of sp³-hybridized carbons (Fsp3) is 0.923. The van der Waals surface area contributed by atoms with Crippen LogP contribution in [-0.4, -0.2) is 73.2 Å². The minimum Gasteiger partial charge on any atom is -0.388 e. The summed E-state index contributed by atoms with van der Waals surface area (Å²) in [5.41, 5.74) is -0.800. The number of likely N-dealkylation sites (tertiary alicyclic amines) is 1. The van der Waals surface area contributed by atoms with E-state index in [4.69, 9.17) is 0 Å². The van der Waals surface area contributed by atoms with Crippen molar-refractivity contribution >= 4 is 5.91 Å². The molecule has 18 heavy (non-hydrogen) atoms. The predicted molar refractivity (Wildman–Crippen MR) is 72.5 cm³/mol. The Hall–Kier alpha value is -0.650. The maximum atomic E-state index is 11.9. The molecule has 1 aliphatic rings. The number of likely N-dealkylation sites (N-methyl/N-ethyl adjacent to an activating group) is 1. The molecule has 1 amide bonds. The summed E-state index contributed by atoms with van der Waals surface area (Å²) in [4.78, 5) is 15.7.